The second kappa shape index (κ2) is 20.2. The molecule has 0 unspecified atom stereocenters. The van der Waals surface area contributed by atoms with E-state index in [1.54, 1.807) is 16.0 Å². The normalized spacial score (nSPS) is 13.4. The zero-order chi connectivity index (χ0) is 31.9. The predicted molar refractivity (Wildman–Crippen MR) is 205 cm³/mol. The van der Waals surface area contributed by atoms with Crippen LogP contribution in [0.1, 0.15) is 156 Å². The van der Waals surface area contributed by atoms with Gasteiger partial charge in [-0.05, 0) is 105 Å². The van der Waals surface area contributed by atoms with Gasteiger partial charge >= 0.3 is 7.12 Å². The molecular formula is C39H59BO2S3. The molecule has 0 N–H and O–H groups in total. The molecule has 0 saturated carbocycles. The Morgan fingerprint density at radius 2 is 1.16 bits per heavy atom. The van der Waals surface area contributed by atoms with E-state index in [0.29, 0.717) is 0 Å². The monoisotopic (exact) mass is 666 g/mol. The highest BCUT2D eigenvalue weighted by molar-refractivity contribution is 7.23. The lowest BCUT2D eigenvalue weighted by Gasteiger charge is -2.13. The largest absolute Gasteiger partial charge is 0.504 e. The van der Waals surface area contributed by atoms with Crippen LogP contribution >= 0.6 is 34.0 Å². The molecule has 3 heterocycles. The van der Waals surface area contributed by atoms with Gasteiger partial charge in [0.1, 0.15) is 0 Å². The van der Waals surface area contributed by atoms with Crippen LogP contribution in [0.5, 0.6) is 0 Å². The van der Waals surface area contributed by atoms with Crippen LogP contribution in [0.4, 0.5) is 0 Å². The quantitative estimate of drug-likeness (QED) is 0.0741. The van der Waals surface area contributed by atoms with Crippen LogP contribution in [0, 0.1) is 13.8 Å². The SMILES string of the molecule is CCCCCCCCCCCCc1ccc(-c2cc(C3=C(c4cc(B(OCCCC)OCCCC)sc4C)CCC3)c(C)s2)s1. The Bertz CT molecular complexity index is 1290. The minimum absolute atomic E-state index is 0.242. The van der Waals surface area contributed by atoms with Gasteiger partial charge in [0.25, 0.3) is 0 Å². The molecule has 0 fully saturated rings. The molecule has 0 aliphatic heterocycles. The molecular weight excluding hydrogens is 607 g/mol. The Morgan fingerprint density at radius 1 is 0.600 bits per heavy atom. The highest BCUT2D eigenvalue weighted by Crippen LogP contribution is 2.46. The van der Waals surface area contributed by atoms with Crippen molar-refractivity contribution >= 4 is 57.1 Å². The van der Waals surface area contributed by atoms with Crippen molar-refractivity contribution in [3.05, 3.63) is 50.0 Å². The lowest BCUT2D eigenvalue weighted by atomic mass is 9.85. The summed E-state index contributed by atoms with van der Waals surface area (Å²) in [6.45, 7) is 12.9. The van der Waals surface area contributed by atoms with Gasteiger partial charge in [0.2, 0.25) is 0 Å². The number of unbranched alkanes of at least 4 members (excludes halogenated alkanes) is 11. The summed E-state index contributed by atoms with van der Waals surface area (Å²) in [6, 6.07) is 9.66. The Kier molecular flexibility index (Phi) is 16.5. The van der Waals surface area contributed by atoms with Gasteiger partial charge in [-0.2, -0.15) is 0 Å². The molecule has 0 saturated heterocycles. The Morgan fingerprint density at radius 3 is 1.78 bits per heavy atom. The van der Waals surface area contributed by atoms with Crippen molar-refractivity contribution in [3.8, 4) is 9.75 Å². The molecule has 0 radical (unpaired) electrons. The maximum Gasteiger partial charge on any atom is 0.504 e. The van der Waals surface area contributed by atoms with Gasteiger partial charge in [0, 0.05) is 42.4 Å². The summed E-state index contributed by atoms with van der Waals surface area (Å²) in [7, 11) is -0.242. The van der Waals surface area contributed by atoms with Gasteiger partial charge in [-0.25, -0.2) is 0 Å². The van der Waals surface area contributed by atoms with E-state index in [-0.39, 0.29) is 7.12 Å². The van der Waals surface area contributed by atoms with Crippen molar-refractivity contribution in [3.63, 3.8) is 0 Å². The molecule has 2 nitrogen and oxygen atoms in total. The topological polar surface area (TPSA) is 18.5 Å². The number of thiophene rings is 3. The minimum Gasteiger partial charge on any atom is -0.407 e. The van der Waals surface area contributed by atoms with Gasteiger partial charge in [0.05, 0.1) is 0 Å². The van der Waals surface area contributed by atoms with Crippen molar-refractivity contribution < 1.29 is 9.31 Å². The summed E-state index contributed by atoms with van der Waals surface area (Å²) >= 11 is 5.87. The maximum absolute atomic E-state index is 6.27. The van der Waals surface area contributed by atoms with Gasteiger partial charge in [-0.15, -0.1) is 34.0 Å². The lowest BCUT2D eigenvalue weighted by molar-refractivity contribution is 0.202. The van der Waals surface area contributed by atoms with Gasteiger partial charge in [-0.3, -0.25) is 0 Å². The molecule has 4 rings (SSSR count). The summed E-state index contributed by atoms with van der Waals surface area (Å²) in [5, 5.41) is 0. The fourth-order valence-electron chi connectivity index (χ4n) is 6.48. The molecule has 45 heavy (non-hydrogen) atoms. The Labute approximate surface area is 288 Å². The molecule has 1 aliphatic rings. The molecule has 0 atom stereocenters. The number of aryl methyl sites for hydroxylation is 3. The van der Waals surface area contributed by atoms with Crippen molar-refractivity contribution in [2.24, 2.45) is 0 Å². The van der Waals surface area contributed by atoms with E-state index < -0.39 is 0 Å². The van der Waals surface area contributed by atoms with Crippen molar-refractivity contribution in [2.45, 2.75) is 150 Å². The van der Waals surface area contributed by atoms with Crippen LogP contribution < -0.4 is 4.78 Å². The second-order valence-electron chi connectivity index (χ2n) is 13.0. The fourth-order valence-corrected chi connectivity index (χ4v) is 9.71. The van der Waals surface area contributed by atoms with Crippen LogP contribution in [0.25, 0.3) is 20.9 Å². The molecule has 248 valence electrons. The standard InChI is InChI=1S/C39H59BO2S3/c1-6-9-12-13-14-15-16-17-18-19-21-32-24-25-37(45-32)38-28-35(30(4)43-38)33-22-20-23-34(33)36-29-39(44-31(36)5)40(41-26-10-7-2)42-27-11-8-3/h24-25,28-29H,6-23,26-27H2,1-5H3. The summed E-state index contributed by atoms with van der Waals surface area (Å²) in [5.74, 6) is 0. The molecule has 3 aromatic rings. The Balaban J connectivity index is 1.38. The number of hydrogen-bond donors (Lipinski definition) is 0. The van der Waals surface area contributed by atoms with Gasteiger partial charge in [0.15, 0.2) is 0 Å². The highest BCUT2D eigenvalue weighted by Gasteiger charge is 2.28. The smallest absolute Gasteiger partial charge is 0.407 e. The Hall–Kier alpha value is -1.18. The van der Waals surface area contributed by atoms with Crippen molar-refractivity contribution in [2.75, 3.05) is 13.2 Å². The first-order valence-corrected chi connectivity index (χ1v) is 20.8. The lowest BCUT2D eigenvalue weighted by Crippen LogP contribution is -2.35. The summed E-state index contributed by atoms with van der Waals surface area (Å²) in [5.41, 5.74) is 6.03. The van der Waals surface area contributed by atoms with Crippen LogP contribution in [-0.4, -0.2) is 20.3 Å². The predicted octanol–water partition coefficient (Wildman–Crippen LogP) is 13.0. The third-order valence-electron chi connectivity index (χ3n) is 9.17. The number of allylic oxidation sites excluding steroid dienone is 2. The van der Waals surface area contributed by atoms with Crippen LogP contribution in [0.3, 0.4) is 0 Å². The van der Waals surface area contributed by atoms with Crippen molar-refractivity contribution in [1.29, 1.82) is 0 Å². The van der Waals surface area contributed by atoms with E-state index in [0.717, 1.165) is 45.3 Å². The van der Waals surface area contributed by atoms with Crippen LogP contribution in [0.15, 0.2) is 24.3 Å². The molecule has 3 aromatic heterocycles. The van der Waals surface area contributed by atoms with Gasteiger partial charge < -0.3 is 9.31 Å². The fraction of sp³-hybridized carbons (Fsp3) is 0.641. The summed E-state index contributed by atoms with van der Waals surface area (Å²) < 4.78 is 13.8. The van der Waals surface area contributed by atoms with E-state index in [4.69, 9.17) is 9.31 Å². The average Bonchev–Trinajstić information content (AvgIpc) is 3.84. The number of hydrogen-bond acceptors (Lipinski definition) is 5. The molecule has 1 aliphatic carbocycles. The van der Waals surface area contributed by atoms with E-state index >= 15 is 0 Å². The average molecular weight is 667 g/mol. The molecule has 0 bridgehead atoms. The maximum atomic E-state index is 6.27. The van der Waals surface area contributed by atoms with Crippen molar-refractivity contribution in [1.82, 2.24) is 0 Å². The van der Waals surface area contributed by atoms with Crippen LogP contribution in [-0.2, 0) is 15.7 Å². The van der Waals surface area contributed by atoms with E-state index in [1.807, 2.05) is 34.0 Å². The molecule has 6 heteroatoms. The molecule has 0 amide bonds. The van der Waals surface area contributed by atoms with Gasteiger partial charge in [-0.1, -0.05) is 91.4 Å². The number of rotatable bonds is 23. The van der Waals surface area contributed by atoms with E-state index in [1.165, 1.54) is 119 Å². The van der Waals surface area contributed by atoms with Crippen LogP contribution in [0.2, 0.25) is 0 Å². The first kappa shape index (κ1) is 36.7. The first-order chi connectivity index (χ1) is 22.0. The third kappa shape index (κ3) is 11.2. The molecule has 0 spiro atoms. The highest BCUT2D eigenvalue weighted by atomic mass is 32.1. The van der Waals surface area contributed by atoms with E-state index in [2.05, 4.69) is 58.9 Å². The first-order valence-electron chi connectivity index (χ1n) is 18.3. The summed E-state index contributed by atoms with van der Waals surface area (Å²) in [6.07, 6.45) is 23.3. The van der Waals surface area contributed by atoms with E-state index in [9.17, 15) is 0 Å². The zero-order valence-electron chi connectivity index (χ0n) is 29.1. The third-order valence-corrected chi connectivity index (χ3v) is 12.6. The zero-order valence-corrected chi connectivity index (χ0v) is 31.5. The molecule has 0 aromatic carbocycles. The summed E-state index contributed by atoms with van der Waals surface area (Å²) in [4.78, 5) is 7.29. The second-order valence-corrected chi connectivity index (χ2v) is 16.7. The minimum atomic E-state index is -0.242.